The van der Waals surface area contributed by atoms with E-state index in [0.717, 1.165) is 48.6 Å². The Balaban J connectivity index is 0.00000368. The lowest BCUT2D eigenvalue weighted by molar-refractivity contribution is 0.0691. The van der Waals surface area contributed by atoms with Gasteiger partial charge in [-0.2, -0.15) is 0 Å². The number of hydrogen-bond donors (Lipinski definition) is 3. The van der Waals surface area contributed by atoms with Crippen molar-refractivity contribution in [1.29, 1.82) is 0 Å². The van der Waals surface area contributed by atoms with Crippen molar-refractivity contribution in [3.8, 4) is 17.0 Å². The van der Waals surface area contributed by atoms with Crippen LogP contribution >= 0.6 is 12.4 Å². The number of nitrogens with zero attached hydrogens (tertiary/aromatic N) is 3. The molecule has 0 bridgehead atoms. The fourth-order valence-electron chi connectivity index (χ4n) is 7.56. The molecule has 1 aliphatic heterocycles. The van der Waals surface area contributed by atoms with Gasteiger partial charge in [0.1, 0.15) is 5.75 Å². The number of carbonyl (C=O) groups is 1. The fraction of sp³-hybridized carbons (Fsp3) is 0.412. The van der Waals surface area contributed by atoms with Gasteiger partial charge in [0.25, 0.3) is 5.56 Å². The maximum absolute atomic E-state index is 12.5. The molecule has 3 atom stereocenters. The topological polar surface area (TPSA) is 102 Å². The molecule has 1 aliphatic carbocycles. The molecule has 1 saturated carbocycles. The molecule has 0 radical (unpaired) electrons. The number of halogens is 1. The Labute approximate surface area is 258 Å². The Morgan fingerprint density at radius 2 is 1.86 bits per heavy atom. The summed E-state index contributed by atoms with van der Waals surface area (Å²) < 4.78 is 2.24. The molecule has 1 saturated heterocycles. The number of fused-ring (bicyclic) bond motifs is 2. The lowest BCUT2D eigenvalue weighted by Gasteiger charge is -2.39. The minimum Gasteiger partial charge on any atom is -0.506 e. The average Bonchev–Trinajstić information content (AvgIpc) is 3.52. The van der Waals surface area contributed by atoms with Crippen molar-refractivity contribution in [2.75, 3.05) is 20.1 Å². The third-order valence-corrected chi connectivity index (χ3v) is 9.65. The SMILES string of the molecule is CCc1c(-c2ccc3c(c2)cc(CN2C[C@H]4CCC[C@@H](N(C)Cc5ccccc5)[C@H]4C2)n3C)[nH]c(=O)c(C(=O)O)c1O.Cl. The van der Waals surface area contributed by atoms with Crippen molar-refractivity contribution in [3.05, 3.63) is 87.3 Å². The lowest BCUT2D eigenvalue weighted by Crippen LogP contribution is -2.43. The predicted molar refractivity (Wildman–Crippen MR) is 172 cm³/mol. The number of likely N-dealkylation sites (tertiary alicyclic amines) is 1. The van der Waals surface area contributed by atoms with Gasteiger partial charge < -0.3 is 19.8 Å². The molecular weight excluding hydrogens is 564 g/mol. The molecule has 3 N–H and O–H groups in total. The van der Waals surface area contributed by atoms with Crippen LogP contribution in [0, 0.1) is 11.8 Å². The number of aryl methyl sites for hydroxylation is 1. The van der Waals surface area contributed by atoms with Gasteiger partial charge in [-0.25, -0.2) is 4.79 Å². The summed E-state index contributed by atoms with van der Waals surface area (Å²) in [4.78, 5) is 32.0. The second-order valence-electron chi connectivity index (χ2n) is 12.2. The number of H-pyrrole nitrogens is 1. The molecule has 2 aromatic carbocycles. The summed E-state index contributed by atoms with van der Waals surface area (Å²) in [6.07, 6.45) is 4.25. The molecule has 0 unspecified atom stereocenters. The molecule has 2 aliphatic rings. The first-order valence-corrected chi connectivity index (χ1v) is 15.0. The van der Waals surface area contributed by atoms with Crippen molar-refractivity contribution in [3.63, 3.8) is 0 Å². The molecule has 3 heterocycles. The Morgan fingerprint density at radius 3 is 2.58 bits per heavy atom. The molecule has 43 heavy (non-hydrogen) atoms. The number of nitrogens with one attached hydrogen (secondary N) is 1. The largest absolute Gasteiger partial charge is 0.506 e. The Bertz CT molecular complexity index is 1680. The number of aromatic hydroxyl groups is 1. The summed E-state index contributed by atoms with van der Waals surface area (Å²) in [5.74, 6) is -0.483. The van der Waals surface area contributed by atoms with Crippen molar-refractivity contribution >= 4 is 29.3 Å². The molecule has 2 aromatic heterocycles. The van der Waals surface area contributed by atoms with Gasteiger partial charge in [0.05, 0.1) is 5.69 Å². The van der Waals surface area contributed by atoms with Crippen LogP contribution < -0.4 is 5.56 Å². The minimum absolute atomic E-state index is 0. The van der Waals surface area contributed by atoms with Crippen LogP contribution in [0.2, 0.25) is 0 Å². The molecular formula is C34H41ClN4O4. The second-order valence-corrected chi connectivity index (χ2v) is 12.2. The Morgan fingerprint density at radius 1 is 1.09 bits per heavy atom. The maximum Gasteiger partial charge on any atom is 0.345 e. The average molecular weight is 605 g/mol. The van der Waals surface area contributed by atoms with E-state index in [1.54, 1.807) is 0 Å². The summed E-state index contributed by atoms with van der Waals surface area (Å²) >= 11 is 0. The molecule has 2 fully saturated rings. The number of carboxylic acids is 1. The number of carboxylic acid groups (broad SMARTS) is 1. The van der Waals surface area contributed by atoms with E-state index in [-0.39, 0.29) is 12.4 Å². The van der Waals surface area contributed by atoms with Gasteiger partial charge >= 0.3 is 5.97 Å². The van der Waals surface area contributed by atoms with Gasteiger partial charge in [-0.15, -0.1) is 12.4 Å². The van der Waals surface area contributed by atoms with E-state index in [2.05, 4.69) is 69.8 Å². The number of aromatic amines is 1. The van der Waals surface area contributed by atoms with E-state index in [4.69, 9.17) is 0 Å². The summed E-state index contributed by atoms with van der Waals surface area (Å²) in [7, 11) is 4.39. The molecule has 9 heteroatoms. The molecule has 0 amide bonds. The van der Waals surface area contributed by atoms with Crippen LogP contribution in [0.5, 0.6) is 5.75 Å². The summed E-state index contributed by atoms with van der Waals surface area (Å²) in [5.41, 5.74) is 3.93. The van der Waals surface area contributed by atoms with Gasteiger partial charge in [-0.05, 0) is 67.5 Å². The van der Waals surface area contributed by atoms with Crippen molar-refractivity contribution in [2.45, 2.75) is 51.7 Å². The summed E-state index contributed by atoms with van der Waals surface area (Å²) in [6.45, 7) is 5.94. The highest BCUT2D eigenvalue weighted by atomic mass is 35.5. The van der Waals surface area contributed by atoms with Crippen LogP contribution in [-0.2, 0) is 26.6 Å². The first-order valence-electron chi connectivity index (χ1n) is 15.0. The van der Waals surface area contributed by atoms with Crippen LogP contribution in [0.25, 0.3) is 22.2 Å². The van der Waals surface area contributed by atoms with Gasteiger partial charge in [0.2, 0.25) is 0 Å². The number of pyridine rings is 1. The van der Waals surface area contributed by atoms with E-state index in [0.29, 0.717) is 29.6 Å². The molecule has 4 aromatic rings. The summed E-state index contributed by atoms with van der Waals surface area (Å²) in [5, 5.41) is 21.1. The van der Waals surface area contributed by atoms with Gasteiger partial charge in [0.15, 0.2) is 5.56 Å². The van der Waals surface area contributed by atoms with Crippen LogP contribution in [-0.4, -0.2) is 61.7 Å². The van der Waals surface area contributed by atoms with E-state index in [1.165, 1.54) is 30.5 Å². The van der Waals surface area contributed by atoms with Crippen LogP contribution in [0.15, 0.2) is 59.4 Å². The first-order chi connectivity index (χ1) is 20.2. The standard InChI is InChI=1S/C34H40N4O4.ClH/c1-4-26-31(35-33(40)30(32(26)39)34(41)42)22-13-14-28-24(15-22)16-25(37(28)3)19-38-18-23-11-8-12-29(27(23)20-38)36(2)17-21-9-6-5-7-10-21;/h5-7,9-10,13-16,23,27,29H,4,8,11-12,17-20H2,1-3H3,(H,41,42)(H2,35,39,40);1H/t23-,27+,29-;/m1./s1. The normalized spacial score (nSPS) is 20.3. The fourth-order valence-corrected chi connectivity index (χ4v) is 7.56. The molecule has 6 rings (SSSR count). The quantitative estimate of drug-likeness (QED) is 0.240. The van der Waals surface area contributed by atoms with Crippen molar-refractivity contribution in [1.82, 2.24) is 19.4 Å². The molecule has 8 nitrogen and oxygen atoms in total. The number of benzene rings is 2. The number of hydrogen-bond acceptors (Lipinski definition) is 5. The van der Waals surface area contributed by atoms with Crippen molar-refractivity contribution < 1.29 is 15.0 Å². The van der Waals surface area contributed by atoms with E-state index in [1.807, 2.05) is 25.1 Å². The van der Waals surface area contributed by atoms with Gasteiger partial charge in [0, 0.05) is 61.4 Å². The zero-order valence-corrected chi connectivity index (χ0v) is 25.9. The predicted octanol–water partition coefficient (Wildman–Crippen LogP) is 5.65. The third kappa shape index (κ3) is 5.84. The van der Waals surface area contributed by atoms with E-state index in [9.17, 15) is 19.8 Å². The maximum atomic E-state index is 12.5. The highest BCUT2D eigenvalue weighted by Crippen LogP contribution is 2.40. The lowest BCUT2D eigenvalue weighted by atomic mass is 9.77. The zero-order chi connectivity index (χ0) is 29.5. The minimum atomic E-state index is -1.44. The highest BCUT2D eigenvalue weighted by Gasteiger charge is 2.41. The van der Waals surface area contributed by atoms with Crippen LogP contribution in [0.1, 0.15) is 53.4 Å². The monoisotopic (exact) mass is 604 g/mol. The number of rotatable bonds is 8. The molecule has 0 spiro atoms. The number of aromatic nitrogens is 2. The smallest absolute Gasteiger partial charge is 0.345 e. The zero-order valence-electron chi connectivity index (χ0n) is 25.0. The van der Waals surface area contributed by atoms with E-state index < -0.39 is 22.8 Å². The first kappa shape index (κ1) is 30.9. The van der Waals surface area contributed by atoms with Crippen LogP contribution in [0.3, 0.4) is 0 Å². The summed E-state index contributed by atoms with van der Waals surface area (Å²) in [6, 6.07) is 19.6. The second kappa shape index (κ2) is 12.6. The van der Waals surface area contributed by atoms with Crippen LogP contribution in [0.4, 0.5) is 0 Å². The third-order valence-electron chi connectivity index (χ3n) is 9.65. The number of aromatic carboxylic acids is 1. The van der Waals surface area contributed by atoms with Crippen molar-refractivity contribution in [2.24, 2.45) is 18.9 Å². The van der Waals surface area contributed by atoms with Gasteiger partial charge in [-0.1, -0.05) is 49.7 Å². The Hall–Kier alpha value is -3.59. The highest BCUT2D eigenvalue weighted by molar-refractivity contribution is 5.92. The van der Waals surface area contributed by atoms with E-state index >= 15 is 0 Å². The van der Waals surface area contributed by atoms with Gasteiger partial charge in [-0.3, -0.25) is 14.6 Å². The Kier molecular flexibility index (Phi) is 9.02. The molecule has 228 valence electrons.